The number of benzene rings is 1. The van der Waals surface area contributed by atoms with Crippen LogP contribution in [0.1, 0.15) is 18.1 Å². The van der Waals surface area contributed by atoms with Crippen LogP contribution in [0.15, 0.2) is 54.9 Å². The molecule has 0 aliphatic rings. The largest absolute Gasteiger partial charge is 0.396 e. The lowest BCUT2D eigenvalue weighted by Gasteiger charge is -2.25. The van der Waals surface area contributed by atoms with Gasteiger partial charge in [-0.3, -0.25) is 9.88 Å². The van der Waals surface area contributed by atoms with E-state index in [1.807, 2.05) is 30.6 Å². The number of aliphatic hydroxyl groups is 1. The minimum Gasteiger partial charge on any atom is -0.396 e. The Morgan fingerprint density at radius 3 is 2.20 bits per heavy atom. The molecule has 0 unspecified atom stereocenters. The van der Waals surface area contributed by atoms with E-state index in [0.29, 0.717) is 0 Å². The van der Waals surface area contributed by atoms with Gasteiger partial charge in [-0.1, -0.05) is 37.3 Å². The second-order valence-electron chi connectivity index (χ2n) is 5.30. The summed E-state index contributed by atoms with van der Waals surface area (Å²) in [6, 6.07) is 14.5. The monoisotopic (exact) mass is 270 g/mol. The number of aliphatic hydroxyl groups excluding tert-OH is 1. The Labute approximate surface area is 120 Å². The summed E-state index contributed by atoms with van der Waals surface area (Å²) in [5.74, 6) is 0.278. The summed E-state index contributed by atoms with van der Waals surface area (Å²) < 4.78 is 0. The van der Waals surface area contributed by atoms with E-state index < -0.39 is 0 Å². The molecule has 1 N–H and O–H groups in total. The van der Waals surface area contributed by atoms with E-state index in [2.05, 4.69) is 41.1 Å². The molecule has 1 heterocycles. The third kappa shape index (κ3) is 4.76. The highest BCUT2D eigenvalue weighted by molar-refractivity contribution is 5.15. The molecule has 20 heavy (non-hydrogen) atoms. The fourth-order valence-corrected chi connectivity index (χ4v) is 2.27. The summed E-state index contributed by atoms with van der Waals surface area (Å²) in [6.45, 7) is 4.95. The van der Waals surface area contributed by atoms with Gasteiger partial charge in [-0.05, 0) is 29.2 Å². The molecule has 2 aromatic rings. The zero-order valence-corrected chi connectivity index (χ0v) is 11.9. The number of hydrogen-bond acceptors (Lipinski definition) is 3. The number of nitrogens with zero attached hydrogens (tertiary/aromatic N) is 2. The first-order chi connectivity index (χ1) is 9.78. The summed E-state index contributed by atoms with van der Waals surface area (Å²) in [5.41, 5.74) is 2.55. The predicted octanol–water partition coefficient (Wildman–Crippen LogP) is 2.71. The third-order valence-electron chi connectivity index (χ3n) is 3.29. The second kappa shape index (κ2) is 7.78. The van der Waals surface area contributed by atoms with Crippen LogP contribution in [0.2, 0.25) is 0 Å². The van der Waals surface area contributed by atoms with Crippen molar-refractivity contribution in [1.82, 2.24) is 9.88 Å². The summed E-state index contributed by atoms with van der Waals surface area (Å²) in [5, 5.41) is 9.28. The molecular weight excluding hydrogens is 248 g/mol. The van der Waals surface area contributed by atoms with E-state index in [-0.39, 0.29) is 12.5 Å². The summed E-state index contributed by atoms with van der Waals surface area (Å²) in [7, 11) is 0. The number of aromatic nitrogens is 1. The van der Waals surface area contributed by atoms with Crippen molar-refractivity contribution >= 4 is 0 Å². The van der Waals surface area contributed by atoms with Crippen LogP contribution >= 0.6 is 0 Å². The van der Waals surface area contributed by atoms with Crippen LogP contribution in [0, 0.1) is 5.92 Å². The lowest BCUT2D eigenvalue weighted by Crippen LogP contribution is -2.29. The number of pyridine rings is 1. The maximum absolute atomic E-state index is 9.28. The van der Waals surface area contributed by atoms with Gasteiger partial charge in [-0.2, -0.15) is 0 Å². The maximum atomic E-state index is 9.28. The van der Waals surface area contributed by atoms with Crippen LogP contribution in [-0.4, -0.2) is 28.1 Å². The van der Waals surface area contributed by atoms with Crippen LogP contribution < -0.4 is 0 Å². The molecule has 0 bridgehead atoms. The Kier molecular flexibility index (Phi) is 5.71. The maximum Gasteiger partial charge on any atom is 0.0468 e. The highest BCUT2D eigenvalue weighted by Crippen LogP contribution is 2.11. The van der Waals surface area contributed by atoms with Gasteiger partial charge in [0.1, 0.15) is 0 Å². The van der Waals surface area contributed by atoms with Crippen LogP contribution in [0.5, 0.6) is 0 Å². The Hall–Kier alpha value is -1.71. The quantitative estimate of drug-likeness (QED) is 0.840. The van der Waals surface area contributed by atoms with Crippen molar-refractivity contribution in [2.75, 3.05) is 13.2 Å². The first-order valence-electron chi connectivity index (χ1n) is 7.04. The average Bonchev–Trinajstić information content (AvgIpc) is 2.49. The number of hydrogen-bond donors (Lipinski definition) is 1. The fraction of sp³-hybridized carbons (Fsp3) is 0.353. The molecule has 0 spiro atoms. The molecule has 0 aliphatic carbocycles. The van der Waals surface area contributed by atoms with Crippen molar-refractivity contribution in [3.8, 4) is 0 Å². The molecule has 0 saturated heterocycles. The average molecular weight is 270 g/mol. The van der Waals surface area contributed by atoms with Gasteiger partial charge in [0, 0.05) is 38.6 Å². The molecule has 3 heteroatoms. The topological polar surface area (TPSA) is 36.4 Å². The molecule has 1 aromatic heterocycles. The standard InChI is InChI=1S/C17H22N2O/c1-15(14-20)11-19(12-16-5-3-2-4-6-16)13-17-7-9-18-10-8-17/h2-10,15,20H,11-14H2,1H3/t15-/m0/s1. The first-order valence-corrected chi connectivity index (χ1v) is 7.04. The number of rotatable bonds is 7. The van der Waals surface area contributed by atoms with Gasteiger partial charge in [-0.15, -0.1) is 0 Å². The van der Waals surface area contributed by atoms with Gasteiger partial charge in [0.2, 0.25) is 0 Å². The van der Waals surface area contributed by atoms with Crippen LogP contribution in [0.4, 0.5) is 0 Å². The van der Waals surface area contributed by atoms with Gasteiger partial charge in [0.15, 0.2) is 0 Å². The molecule has 0 radical (unpaired) electrons. The molecule has 1 atom stereocenters. The van der Waals surface area contributed by atoms with Gasteiger partial charge in [0.25, 0.3) is 0 Å². The van der Waals surface area contributed by atoms with Gasteiger partial charge >= 0.3 is 0 Å². The predicted molar refractivity (Wildman–Crippen MR) is 81.0 cm³/mol. The summed E-state index contributed by atoms with van der Waals surface area (Å²) in [6.07, 6.45) is 3.65. The summed E-state index contributed by atoms with van der Waals surface area (Å²) >= 11 is 0. The minimum absolute atomic E-state index is 0.224. The molecular formula is C17H22N2O. The molecule has 3 nitrogen and oxygen atoms in total. The van der Waals surface area contributed by atoms with Crippen molar-refractivity contribution in [1.29, 1.82) is 0 Å². The molecule has 0 fully saturated rings. The van der Waals surface area contributed by atoms with E-state index in [1.165, 1.54) is 11.1 Å². The molecule has 0 saturated carbocycles. The Bertz CT molecular complexity index is 445. The smallest absolute Gasteiger partial charge is 0.0468 e. The van der Waals surface area contributed by atoms with Crippen molar-refractivity contribution in [3.63, 3.8) is 0 Å². The Morgan fingerprint density at radius 2 is 1.60 bits per heavy atom. The first kappa shape index (κ1) is 14.7. The van der Waals surface area contributed by atoms with E-state index in [4.69, 9.17) is 0 Å². The normalized spacial score (nSPS) is 12.6. The van der Waals surface area contributed by atoms with E-state index >= 15 is 0 Å². The molecule has 1 aromatic carbocycles. The van der Waals surface area contributed by atoms with Gasteiger partial charge in [0.05, 0.1) is 0 Å². The van der Waals surface area contributed by atoms with E-state index in [0.717, 1.165) is 19.6 Å². The van der Waals surface area contributed by atoms with E-state index in [9.17, 15) is 5.11 Å². The van der Waals surface area contributed by atoms with Crippen LogP contribution in [0.3, 0.4) is 0 Å². The van der Waals surface area contributed by atoms with Crippen molar-refractivity contribution < 1.29 is 5.11 Å². The lowest BCUT2D eigenvalue weighted by molar-refractivity contribution is 0.163. The highest BCUT2D eigenvalue weighted by atomic mass is 16.3. The summed E-state index contributed by atoms with van der Waals surface area (Å²) in [4.78, 5) is 6.42. The van der Waals surface area contributed by atoms with Crippen molar-refractivity contribution in [3.05, 3.63) is 66.0 Å². The SMILES string of the molecule is C[C@H](CO)CN(Cc1ccccc1)Cc1ccncc1. The zero-order valence-electron chi connectivity index (χ0n) is 11.9. The molecule has 2 rings (SSSR count). The lowest BCUT2D eigenvalue weighted by atomic mass is 10.1. The molecule has 0 aliphatic heterocycles. The van der Waals surface area contributed by atoms with Gasteiger partial charge in [-0.25, -0.2) is 0 Å². The highest BCUT2D eigenvalue weighted by Gasteiger charge is 2.11. The fourth-order valence-electron chi connectivity index (χ4n) is 2.27. The third-order valence-corrected chi connectivity index (χ3v) is 3.29. The molecule has 106 valence electrons. The Balaban J connectivity index is 2.04. The Morgan fingerprint density at radius 1 is 1.00 bits per heavy atom. The molecule has 0 amide bonds. The minimum atomic E-state index is 0.224. The van der Waals surface area contributed by atoms with E-state index in [1.54, 1.807) is 0 Å². The van der Waals surface area contributed by atoms with Gasteiger partial charge < -0.3 is 5.11 Å². The second-order valence-corrected chi connectivity index (χ2v) is 5.30. The van der Waals surface area contributed by atoms with Crippen LogP contribution in [0.25, 0.3) is 0 Å². The van der Waals surface area contributed by atoms with Crippen molar-refractivity contribution in [2.24, 2.45) is 5.92 Å². The van der Waals surface area contributed by atoms with Crippen LogP contribution in [-0.2, 0) is 13.1 Å². The van der Waals surface area contributed by atoms with Crippen molar-refractivity contribution in [2.45, 2.75) is 20.0 Å². The zero-order chi connectivity index (χ0) is 14.2.